The number of alkyl halides is 1. The molecular weight excluding hydrogens is 253 g/mol. The lowest BCUT2D eigenvalue weighted by atomic mass is 9.54. The lowest BCUT2D eigenvalue weighted by molar-refractivity contribution is -0.0150. The average molecular weight is 275 g/mol. The van der Waals surface area contributed by atoms with E-state index in [1.807, 2.05) is 0 Å². The predicted molar refractivity (Wildman–Crippen MR) is 69.4 cm³/mol. The molecule has 0 radical (unpaired) electrons. The summed E-state index contributed by atoms with van der Waals surface area (Å²) in [6, 6.07) is 0.461. The molecule has 0 spiro atoms. The number of halogens is 1. The van der Waals surface area contributed by atoms with Gasteiger partial charge in [0.25, 0.3) is 0 Å². The van der Waals surface area contributed by atoms with Crippen molar-refractivity contribution in [1.29, 1.82) is 0 Å². The molecule has 2 atom stereocenters. The van der Waals surface area contributed by atoms with Gasteiger partial charge in [0.15, 0.2) is 11.1 Å². The Morgan fingerprint density at radius 2 is 1.72 bits per heavy atom. The van der Waals surface area contributed by atoms with Crippen molar-refractivity contribution in [2.45, 2.75) is 44.3 Å². The average Bonchev–Trinajstić information content (AvgIpc) is 2.25. The first kappa shape index (κ1) is 13.0. The highest BCUT2D eigenvalue weighted by Gasteiger charge is 2.47. The van der Waals surface area contributed by atoms with Crippen LogP contribution in [0.1, 0.15) is 32.1 Å². The Labute approximate surface area is 110 Å². The predicted octanol–water partition coefficient (Wildman–Crippen LogP) is 1.96. The van der Waals surface area contributed by atoms with Crippen LogP contribution in [0, 0.1) is 23.7 Å². The van der Waals surface area contributed by atoms with E-state index in [1.165, 1.54) is 32.1 Å². The standard InChI is InChI=1S/C13H22FNO2S/c14-12(7-18(16)17)6-15-13-10-2-8-1-9(4-10)5-11(13)3-8/h8-13,15H,1-7H2,(H,16,17)/t8?,9?,10?,11?,12-,13?/m1/s1. The number of rotatable bonds is 5. The van der Waals surface area contributed by atoms with Crippen LogP contribution in [0.3, 0.4) is 0 Å². The summed E-state index contributed by atoms with van der Waals surface area (Å²) in [6.45, 7) is 0.235. The van der Waals surface area contributed by atoms with Gasteiger partial charge in [0.1, 0.15) is 6.17 Å². The van der Waals surface area contributed by atoms with Gasteiger partial charge in [-0.05, 0) is 55.8 Å². The molecule has 4 saturated carbocycles. The summed E-state index contributed by atoms with van der Waals surface area (Å²) in [4.78, 5) is 0. The first-order valence-electron chi connectivity index (χ1n) is 7.06. The molecule has 0 aromatic carbocycles. The Morgan fingerprint density at radius 1 is 1.17 bits per heavy atom. The lowest BCUT2D eigenvalue weighted by Crippen LogP contribution is -2.55. The SMILES string of the molecule is O=S(O)C[C@H](F)CNC1C2CC3CC(C2)CC1C3. The van der Waals surface area contributed by atoms with Crippen LogP contribution in [0.25, 0.3) is 0 Å². The molecule has 4 aliphatic carbocycles. The van der Waals surface area contributed by atoms with E-state index in [1.54, 1.807) is 0 Å². The first-order valence-corrected chi connectivity index (χ1v) is 8.34. The van der Waals surface area contributed by atoms with Gasteiger partial charge in [0, 0.05) is 12.6 Å². The Hall–Kier alpha value is -0.0000000000000000486. The van der Waals surface area contributed by atoms with Crippen molar-refractivity contribution in [2.75, 3.05) is 12.3 Å². The van der Waals surface area contributed by atoms with E-state index in [2.05, 4.69) is 5.32 Å². The quantitative estimate of drug-likeness (QED) is 0.754. The smallest absolute Gasteiger partial charge is 0.155 e. The van der Waals surface area contributed by atoms with Crippen molar-refractivity contribution in [3.05, 3.63) is 0 Å². The molecule has 4 fully saturated rings. The van der Waals surface area contributed by atoms with E-state index in [0.29, 0.717) is 6.04 Å². The van der Waals surface area contributed by atoms with Crippen LogP contribution >= 0.6 is 0 Å². The molecule has 1 unspecified atom stereocenters. The number of hydrogen-bond donors (Lipinski definition) is 2. The fourth-order valence-electron chi connectivity index (χ4n) is 4.74. The maximum Gasteiger partial charge on any atom is 0.155 e. The minimum atomic E-state index is -2.02. The molecule has 0 aromatic rings. The third-order valence-electron chi connectivity index (χ3n) is 5.13. The summed E-state index contributed by atoms with van der Waals surface area (Å²) in [5, 5.41) is 3.35. The zero-order chi connectivity index (χ0) is 12.7. The van der Waals surface area contributed by atoms with Crippen LogP contribution in [0.4, 0.5) is 4.39 Å². The van der Waals surface area contributed by atoms with Gasteiger partial charge in [0.2, 0.25) is 0 Å². The normalized spacial score (nSPS) is 45.1. The summed E-state index contributed by atoms with van der Waals surface area (Å²) >= 11 is -2.02. The van der Waals surface area contributed by atoms with Crippen molar-refractivity contribution in [2.24, 2.45) is 23.7 Å². The Balaban J connectivity index is 1.52. The van der Waals surface area contributed by atoms with Crippen LogP contribution in [0.2, 0.25) is 0 Å². The molecule has 104 valence electrons. The second-order valence-corrected chi connectivity index (χ2v) is 7.43. The molecule has 4 rings (SSSR count). The number of hydrogen-bond acceptors (Lipinski definition) is 2. The minimum Gasteiger partial charge on any atom is -0.311 e. The summed E-state index contributed by atoms with van der Waals surface area (Å²) in [5.41, 5.74) is 0. The van der Waals surface area contributed by atoms with Crippen molar-refractivity contribution in [3.63, 3.8) is 0 Å². The number of nitrogens with one attached hydrogen (secondary N) is 1. The zero-order valence-corrected chi connectivity index (χ0v) is 11.4. The second-order valence-electron chi connectivity index (χ2n) is 6.45. The maximum atomic E-state index is 13.5. The minimum absolute atomic E-state index is 0.235. The van der Waals surface area contributed by atoms with Crippen LogP contribution in [0.5, 0.6) is 0 Å². The van der Waals surface area contributed by atoms with Crippen molar-refractivity contribution < 1.29 is 13.2 Å². The lowest BCUT2D eigenvalue weighted by Gasteiger charge is -2.54. The molecule has 0 amide bonds. The van der Waals surface area contributed by atoms with E-state index in [9.17, 15) is 8.60 Å². The van der Waals surface area contributed by atoms with Gasteiger partial charge in [-0.2, -0.15) is 0 Å². The van der Waals surface area contributed by atoms with Crippen molar-refractivity contribution in [3.8, 4) is 0 Å². The topological polar surface area (TPSA) is 49.3 Å². The third kappa shape index (κ3) is 2.63. The fourth-order valence-corrected chi connectivity index (χ4v) is 5.16. The van der Waals surface area contributed by atoms with Crippen LogP contribution in [-0.4, -0.2) is 33.3 Å². The van der Waals surface area contributed by atoms with Crippen molar-refractivity contribution >= 4 is 11.1 Å². The molecule has 0 heterocycles. The van der Waals surface area contributed by atoms with Crippen LogP contribution in [0.15, 0.2) is 0 Å². The molecule has 0 saturated heterocycles. The monoisotopic (exact) mass is 275 g/mol. The van der Waals surface area contributed by atoms with E-state index < -0.39 is 17.3 Å². The van der Waals surface area contributed by atoms with E-state index in [4.69, 9.17) is 4.55 Å². The highest BCUT2D eigenvalue weighted by molar-refractivity contribution is 7.79. The molecule has 0 aliphatic heterocycles. The highest BCUT2D eigenvalue weighted by atomic mass is 32.2. The largest absolute Gasteiger partial charge is 0.311 e. The molecule has 4 aliphatic rings. The summed E-state index contributed by atoms with van der Waals surface area (Å²) in [7, 11) is 0. The van der Waals surface area contributed by atoms with Crippen molar-refractivity contribution in [1.82, 2.24) is 5.32 Å². The highest BCUT2D eigenvalue weighted by Crippen LogP contribution is 2.53. The van der Waals surface area contributed by atoms with E-state index >= 15 is 0 Å². The fraction of sp³-hybridized carbons (Fsp3) is 1.00. The molecular formula is C13H22FNO2S. The first-order chi connectivity index (χ1) is 8.61. The summed E-state index contributed by atoms with van der Waals surface area (Å²) < 4.78 is 32.7. The molecule has 4 bridgehead atoms. The molecule has 3 nitrogen and oxygen atoms in total. The van der Waals surface area contributed by atoms with Crippen LogP contribution in [-0.2, 0) is 11.1 Å². The van der Waals surface area contributed by atoms with Gasteiger partial charge in [-0.15, -0.1) is 0 Å². The van der Waals surface area contributed by atoms with Gasteiger partial charge in [0.05, 0.1) is 5.75 Å². The van der Waals surface area contributed by atoms with Crippen LogP contribution < -0.4 is 5.32 Å². The maximum absolute atomic E-state index is 13.5. The Kier molecular flexibility index (Phi) is 3.74. The Bertz CT molecular complexity index is 311. The molecule has 18 heavy (non-hydrogen) atoms. The summed E-state index contributed by atoms with van der Waals surface area (Å²) in [5.74, 6) is 3.05. The Morgan fingerprint density at radius 3 is 2.22 bits per heavy atom. The summed E-state index contributed by atoms with van der Waals surface area (Å²) in [6.07, 6.45) is 5.48. The van der Waals surface area contributed by atoms with Gasteiger partial charge < -0.3 is 9.87 Å². The third-order valence-corrected chi connectivity index (χ3v) is 5.77. The van der Waals surface area contributed by atoms with Gasteiger partial charge in [-0.1, -0.05) is 0 Å². The van der Waals surface area contributed by atoms with Gasteiger partial charge >= 0.3 is 0 Å². The van der Waals surface area contributed by atoms with E-state index in [0.717, 1.165) is 23.7 Å². The zero-order valence-electron chi connectivity index (χ0n) is 10.6. The van der Waals surface area contributed by atoms with Gasteiger partial charge in [-0.25, -0.2) is 8.60 Å². The molecule has 2 N–H and O–H groups in total. The molecule has 0 aromatic heterocycles. The second kappa shape index (κ2) is 5.17. The molecule has 5 heteroatoms. The van der Waals surface area contributed by atoms with E-state index in [-0.39, 0.29) is 12.3 Å². The van der Waals surface area contributed by atoms with Gasteiger partial charge in [-0.3, -0.25) is 0 Å².